The van der Waals surface area contributed by atoms with Crippen molar-refractivity contribution < 1.29 is 8.39 Å². The molecule has 0 N–H and O–H groups in total. The third-order valence-corrected chi connectivity index (χ3v) is 26.7. The molecule has 264 valence electrons. The maximum absolute atomic E-state index is 21.2. The Balaban J connectivity index is 1.85. The molecule has 0 aromatic heterocycles. The maximum atomic E-state index is 21.2. The summed E-state index contributed by atoms with van der Waals surface area (Å²) in [5, 5.41) is 5.46. The molecular weight excluding hydrogens is 719 g/mol. The minimum atomic E-state index is -6.54. The van der Waals surface area contributed by atoms with Gasteiger partial charge in [0.2, 0.25) is 0 Å². The van der Waals surface area contributed by atoms with Crippen molar-refractivity contribution in [1.29, 1.82) is 0 Å². The molecule has 0 spiro atoms. The number of hydrogen-bond donors (Lipinski definition) is 0. The summed E-state index contributed by atoms with van der Waals surface area (Å²) in [6, 6.07) is 78.7. The van der Waals surface area contributed by atoms with Crippen LogP contribution in [0.2, 0.25) is 0 Å². The van der Waals surface area contributed by atoms with E-state index in [4.69, 9.17) is 0 Å². The Labute approximate surface area is 318 Å². The van der Waals surface area contributed by atoms with Crippen LogP contribution in [0.4, 0.5) is 8.39 Å². The first-order chi connectivity index (χ1) is 26.5. The van der Waals surface area contributed by atoms with Gasteiger partial charge in [0.1, 0.15) is 0 Å². The van der Waals surface area contributed by atoms with E-state index in [2.05, 4.69) is 72.8 Å². The summed E-state index contributed by atoms with van der Waals surface area (Å²) < 4.78 is 42.7. The molecule has 0 nitrogen and oxygen atoms in total. The summed E-state index contributed by atoms with van der Waals surface area (Å²) in [4.78, 5) is 0. The van der Waals surface area contributed by atoms with Crippen molar-refractivity contribution in [2.24, 2.45) is 0 Å². The molecule has 54 heavy (non-hydrogen) atoms. The van der Waals surface area contributed by atoms with Gasteiger partial charge in [-0.25, -0.2) is 0 Å². The van der Waals surface area contributed by atoms with Crippen LogP contribution in [0.15, 0.2) is 243 Å². The predicted octanol–water partition coefficient (Wildman–Crippen LogP) is 10.0. The molecule has 0 atom stereocenters. The second kappa shape index (κ2) is 14.9. The molecule has 0 heterocycles. The number of hydrogen-bond acceptors (Lipinski definition) is 0. The van der Waals surface area contributed by atoms with Crippen molar-refractivity contribution in [1.82, 2.24) is 0 Å². The van der Waals surface area contributed by atoms with Crippen LogP contribution in [0.5, 0.6) is 0 Å². The molecule has 5 heteroatoms. The van der Waals surface area contributed by atoms with Gasteiger partial charge in [0.05, 0.1) is 0 Å². The first kappa shape index (κ1) is 35.8. The van der Waals surface area contributed by atoms with Crippen molar-refractivity contribution in [3.05, 3.63) is 243 Å². The molecule has 0 radical (unpaired) electrons. The second-order valence-electron chi connectivity index (χ2n) is 13.2. The van der Waals surface area contributed by atoms with E-state index in [9.17, 15) is 0 Å². The van der Waals surface area contributed by atoms with E-state index in [1.165, 1.54) is 0 Å². The summed E-state index contributed by atoms with van der Waals surface area (Å²) in [6.07, 6.45) is 0. The first-order valence-corrected chi connectivity index (χ1v) is 23.7. The Kier molecular flexibility index (Phi) is 9.87. The number of benzene rings is 8. The van der Waals surface area contributed by atoms with Gasteiger partial charge in [-0.2, -0.15) is 0 Å². The summed E-state index contributed by atoms with van der Waals surface area (Å²) in [5.74, 6) is 0. The molecule has 8 aromatic rings. The third kappa shape index (κ3) is 5.73. The molecule has 0 aliphatic heterocycles. The van der Waals surface area contributed by atoms with E-state index < -0.39 is 21.4 Å². The van der Waals surface area contributed by atoms with Crippen LogP contribution >= 0.6 is 21.4 Å². The third-order valence-electron chi connectivity index (χ3n) is 10.2. The zero-order valence-electron chi connectivity index (χ0n) is 29.7. The van der Waals surface area contributed by atoms with Gasteiger partial charge < -0.3 is 0 Å². The van der Waals surface area contributed by atoms with Crippen LogP contribution in [0.3, 0.4) is 0 Å². The summed E-state index contributed by atoms with van der Waals surface area (Å²) in [5.41, 5.74) is 0. The number of halogens is 2. The van der Waals surface area contributed by atoms with Gasteiger partial charge in [-0.15, -0.1) is 0 Å². The van der Waals surface area contributed by atoms with Gasteiger partial charge in [-0.05, 0) is 0 Å². The van der Waals surface area contributed by atoms with Crippen molar-refractivity contribution >= 4 is 68.6 Å². The van der Waals surface area contributed by atoms with E-state index in [0.717, 1.165) is 31.8 Å². The van der Waals surface area contributed by atoms with E-state index in [1.54, 1.807) is 48.5 Å². The zero-order chi connectivity index (χ0) is 36.9. The Morgan fingerprint density at radius 1 is 0.315 bits per heavy atom. The van der Waals surface area contributed by atoms with Gasteiger partial charge >= 0.3 is 320 Å². The molecule has 0 amide bonds. The van der Waals surface area contributed by atoms with Crippen molar-refractivity contribution in [2.75, 3.05) is 0 Å². The van der Waals surface area contributed by atoms with E-state index >= 15 is 8.39 Å². The normalized spacial score (nSPS) is 12.7. The summed E-state index contributed by atoms with van der Waals surface area (Å²) in [7, 11) is -10.1. The molecule has 0 saturated heterocycles. The molecule has 8 rings (SSSR count). The van der Waals surface area contributed by atoms with Crippen LogP contribution in [0.1, 0.15) is 0 Å². The van der Waals surface area contributed by atoms with Gasteiger partial charge in [-0.1, -0.05) is 0 Å². The van der Waals surface area contributed by atoms with Crippen LogP contribution < -0.4 is 42.4 Å². The predicted molar refractivity (Wildman–Crippen MR) is 237 cm³/mol. The Hall–Kier alpha value is -5.22. The van der Waals surface area contributed by atoms with Gasteiger partial charge in [-0.3, -0.25) is 0 Å². The fraction of sp³-hybridized carbons (Fsp3) is 0. The molecule has 0 aliphatic carbocycles. The standard InChI is InChI=1S/C49H40F2P3/c50-54(51,47-37-21-7-22-38-47,48-39-23-8-24-40-48)49(52(41-25-9-1-10-26-41,42-27-11-2-12-28-42)43-29-13-3-14-30-43)53(44-31-15-4-16-32-44,45-33-17-5-18-34-45)46-35-19-6-20-36-46/h1-40H/q+1. The SMILES string of the molecule is FP(F)(C(=P(c1ccccc1)(c1ccccc1)c1ccccc1)[P+](c1ccccc1)(c1ccccc1)c1ccccc1)(c1ccccc1)c1ccccc1. The summed E-state index contributed by atoms with van der Waals surface area (Å²) >= 11 is 0. The van der Waals surface area contributed by atoms with E-state index in [-0.39, 0.29) is 10.6 Å². The van der Waals surface area contributed by atoms with E-state index in [1.807, 2.05) is 121 Å². The zero-order valence-corrected chi connectivity index (χ0v) is 32.4. The molecule has 0 saturated carbocycles. The Morgan fingerprint density at radius 2 is 0.537 bits per heavy atom. The fourth-order valence-corrected chi connectivity index (χ4v) is 28.6. The van der Waals surface area contributed by atoms with Crippen molar-refractivity contribution in [3.8, 4) is 0 Å². The summed E-state index contributed by atoms with van der Waals surface area (Å²) in [6.45, 7) is -3.53. The minimum absolute atomic E-state index is 0.0593. The van der Waals surface area contributed by atoms with Crippen LogP contribution in [0.25, 0.3) is 0 Å². The fourth-order valence-electron chi connectivity index (χ4n) is 8.01. The van der Waals surface area contributed by atoms with Gasteiger partial charge in [0, 0.05) is 0 Å². The molecule has 0 aliphatic rings. The first-order valence-electron chi connectivity index (χ1n) is 18.1. The average molecular weight is 760 g/mol. The van der Waals surface area contributed by atoms with Gasteiger partial charge in [0.25, 0.3) is 0 Å². The van der Waals surface area contributed by atoms with E-state index in [0.29, 0.717) is 4.78 Å². The van der Waals surface area contributed by atoms with Gasteiger partial charge in [0.15, 0.2) is 0 Å². The van der Waals surface area contributed by atoms with Crippen molar-refractivity contribution in [3.63, 3.8) is 0 Å². The average Bonchev–Trinajstić information content (AvgIpc) is 3.26. The number of rotatable bonds is 10. The van der Waals surface area contributed by atoms with Crippen LogP contribution in [-0.2, 0) is 0 Å². The quantitative estimate of drug-likeness (QED) is 0.122. The van der Waals surface area contributed by atoms with Crippen molar-refractivity contribution in [2.45, 2.75) is 0 Å². The molecule has 8 aromatic carbocycles. The molecule has 0 bridgehead atoms. The molecular formula is C49H40F2P3+. The monoisotopic (exact) mass is 759 g/mol. The second-order valence-corrected chi connectivity index (χ2v) is 24.3. The molecule has 0 fully saturated rings. The molecule has 0 unspecified atom stereocenters. The Bertz CT molecular complexity index is 2250. The Morgan fingerprint density at radius 3 is 0.796 bits per heavy atom. The van der Waals surface area contributed by atoms with Crippen LogP contribution in [0, 0.1) is 0 Å². The van der Waals surface area contributed by atoms with Crippen LogP contribution in [-0.4, -0.2) is 4.78 Å². The topological polar surface area (TPSA) is 0 Å².